The summed E-state index contributed by atoms with van der Waals surface area (Å²) in [4.78, 5) is 25.8. The van der Waals surface area contributed by atoms with Gasteiger partial charge in [-0.05, 0) is 37.0 Å². The predicted molar refractivity (Wildman–Crippen MR) is 78.1 cm³/mol. The summed E-state index contributed by atoms with van der Waals surface area (Å²) < 4.78 is 18.6. The smallest absolute Gasteiger partial charge is 0.254 e. The largest absolute Gasteiger partial charge is 0.494 e. The lowest BCUT2D eigenvalue weighted by atomic mass is 9.99. The van der Waals surface area contributed by atoms with Gasteiger partial charge < -0.3 is 15.0 Å². The molecule has 6 heteroatoms. The molecule has 2 saturated heterocycles. The molecule has 3 rings (SSSR count). The minimum absolute atomic E-state index is 0.0158. The Morgan fingerprint density at radius 3 is 2.95 bits per heavy atom. The molecule has 2 fully saturated rings. The Labute approximate surface area is 128 Å². The number of hydrogen-bond donors (Lipinski definition) is 1. The van der Waals surface area contributed by atoms with Crippen LogP contribution < -0.4 is 10.1 Å². The Kier molecular flexibility index (Phi) is 4.00. The first kappa shape index (κ1) is 14.8. The average molecular weight is 306 g/mol. The van der Waals surface area contributed by atoms with Gasteiger partial charge in [0.15, 0.2) is 11.6 Å². The van der Waals surface area contributed by atoms with Crippen LogP contribution in [0, 0.1) is 11.7 Å². The minimum Gasteiger partial charge on any atom is -0.494 e. The van der Waals surface area contributed by atoms with Gasteiger partial charge in [-0.2, -0.15) is 0 Å². The van der Waals surface area contributed by atoms with Gasteiger partial charge in [-0.3, -0.25) is 9.59 Å². The molecule has 22 heavy (non-hydrogen) atoms. The van der Waals surface area contributed by atoms with Crippen molar-refractivity contribution >= 4 is 11.8 Å². The molecule has 2 amide bonds. The Morgan fingerprint density at radius 1 is 1.41 bits per heavy atom. The number of nitrogens with one attached hydrogen (secondary N) is 1. The van der Waals surface area contributed by atoms with Crippen LogP contribution in [0.3, 0.4) is 0 Å². The zero-order valence-corrected chi connectivity index (χ0v) is 12.5. The number of nitrogens with zero attached hydrogens (tertiary/aromatic N) is 1. The molecule has 0 aliphatic carbocycles. The number of benzene rings is 1. The average Bonchev–Trinajstić information content (AvgIpc) is 2.81. The molecule has 2 atom stereocenters. The zero-order chi connectivity index (χ0) is 15.7. The fourth-order valence-corrected chi connectivity index (χ4v) is 3.28. The highest BCUT2D eigenvalue weighted by molar-refractivity contribution is 5.94. The highest BCUT2D eigenvalue weighted by atomic mass is 19.1. The van der Waals surface area contributed by atoms with Crippen molar-refractivity contribution in [3.8, 4) is 5.75 Å². The van der Waals surface area contributed by atoms with Gasteiger partial charge in [-0.25, -0.2) is 4.39 Å². The van der Waals surface area contributed by atoms with Crippen molar-refractivity contribution in [3.63, 3.8) is 0 Å². The molecule has 0 saturated carbocycles. The number of carbonyl (C=O) groups is 2. The number of methoxy groups -OCH3 is 1. The number of likely N-dealkylation sites (tertiary alicyclic amines) is 1. The van der Waals surface area contributed by atoms with E-state index in [2.05, 4.69) is 5.32 Å². The summed E-state index contributed by atoms with van der Waals surface area (Å²) in [5, 5.41) is 2.98. The molecule has 2 aliphatic heterocycles. The van der Waals surface area contributed by atoms with Crippen molar-refractivity contribution in [2.75, 3.05) is 20.2 Å². The Bertz CT molecular complexity index is 605. The van der Waals surface area contributed by atoms with Gasteiger partial charge in [0.2, 0.25) is 5.91 Å². The summed E-state index contributed by atoms with van der Waals surface area (Å²) in [7, 11) is 1.39. The molecule has 0 spiro atoms. The number of carbonyl (C=O) groups excluding carboxylic acids is 2. The Hall–Kier alpha value is -2.11. The molecule has 2 aliphatic rings. The van der Waals surface area contributed by atoms with E-state index in [4.69, 9.17) is 4.74 Å². The second-order valence-corrected chi connectivity index (χ2v) is 5.89. The third kappa shape index (κ3) is 2.77. The standard InChI is InChI=1S/C16H19FN2O3/c1-22-14-6-5-10(7-12(14)17)16(21)19-8-11-3-2-4-15(20)18-13(11)9-19/h5-7,11,13H,2-4,8-9H2,1H3,(H,18,20)/t11-,13+/m1/s1. The maximum absolute atomic E-state index is 13.7. The molecule has 0 radical (unpaired) electrons. The lowest BCUT2D eigenvalue weighted by molar-refractivity contribution is -0.121. The van der Waals surface area contributed by atoms with E-state index in [1.807, 2.05) is 0 Å². The third-order valence-corrected chi connectivity index (χ3v) is 4.45. The van der Waals surface area contributed by atoms with Crippen LogP contribution in [0.15, 0.2) is 18.2 Å². The van der Waals surface area contributed by atoms with Crippen LogP contribution in [0.25, 0.3) is 0 Å². The van der Waals surface area contributed by atoms with E-state index in [0.29, 0.717) is 31.0 Å². The van der Waals surface area contributed by atoms with Crippen molar-refractivity contribution in [3.05, 3.63) is 29.6 Å². The van der Waals surface area contributed by atoms with Crippen molar-refractivity contribution in [2.45, 2.75) is 25.3 Å². The highest BCUT2D eigenvalue weighted by Gasteiger charge is 2.37. The van der Waals surface area contributed by atoms with E-state index >= 15 is 0 Å². The maximum atomic E-state index is 13.7. The molecule has 5 nitrogen and oxygen atoms in total. The number of fused-ring (bicyclic) bond motifs is 1. The van der Waals surface area contributed by atoms with Crippen molar-refractivity contribution in [1.29, 1.82) is 0 Å². The fourth-order valence-electron chi connectivity index (χ4n) is 3.28. The first-order valence-corrected chi connectivity index (χ1v) is 7.50. The third-order valence-electron chi connectivity index (χ3n) is 4.45. The van der Waals surface area contributed by atoms with Gasteiger partial charge in [-0.15, -0.1) is 0 Å². The molecular formula is C16H19FN2O3. The lowest BCUT2D eigenvalue weighted by Crippen LogP contribution is -2.39. The predicted octanol–water partition coefficient (Wildman–Crippen LogP) is 1.57. The van der Waals surface area contributed by atoms with Crippen LogP contribution in [-0.2, 0) is 4.79 Å². The van der Waals surface area contributed by atoms with E-state index in [9.17, 15) is 14.0 Å². The van der Waals surface area contributed by atoms with E-state index < -0.39 is 5.82 Å². The van der Waals surface area contributed by atoms with Crippen molar-refractivity contribution in [2.24, 2.45) is 5.92 Å². The summed E-state index contributed by atoms with van der Waals surface area (Å²) >= 11 is 0. The quantitative estimate of drug-likeness (QED) is 0.902. The summed E-state index contributed by atoms with van der Waals surface area (Å²) in [5.74, 6) is -0.287. The molecule has 1 N–H and O–H groups in total. The van der Waals surface area contributed by atoms with Gasteiger partial charge in [0.1, 0.15) is 0 Å². The molecule has 2 heterocycles. The molecule has 0 aromatic heterocycles. The van der Waals surface area contributed by atoms with Crippen LogP contribution in [0.4, 0.5) is 4.39 Å². The normalized spacial score (nSPS) is 24.5. The fraction of sp³-hybridized carbons (Fsp3) is 0.500. The molecule has 1 aromatic carbocycles. The monoisotopic (exact) mass is 306 g/mol. The van der Waals surface area contributed by atoms with E-state index in [-0.39, 0.29) is 23.6 Å². The van der Waals surface area contributed by atoms with Crippen LogP contribution in [-0.4, -0.2) is 43.0 Å². The van der Waals surface area contributed by atoms with Crippen LogP contribution >= 0.6 is 0 Å². The first-order valence-electron chi connectivity index (χ1n) is 7.50. The van der Waals surface area contributed by atoms with Gasteiger partial charge in [-0.1, -0.05) is 0 Å². The molecular weight excluding hydrogens is 287 g/mol. The van der Waals surface area contributed by atoms with Crippen LogP contribution in [0.2, 0.25) is 0 Å². The molecule has 0 unspecified atom stereocenters. The van der Waals surface area contributed by atoms with E-state index in [0.717, 1.165) is 12.8 Å². The number of halogens is 1. The molecule has 1 aromatic rings. The zero-order valence-electron chi connectivity index (χ0n) is 12.5. The highest BCUT2D eigenvalue weighted by Crippen LogP contribution is 2.27. The van der Waals surface area contributed by atoms with Crippen molar-refractivity contribution < 1.29 is 18.7 Å². The summed E-state index contributed by atoms with van der Waals surface area (Å²) in [5.41, 5.74) is 0.307. The molecule has 118 valence electrons. The van der Waals surface area contributed by atoms with Gasteiger partial charge in [0.25, 0.3) is 5.91 Å². The van der Waals surface area contributed by atoms with Gasteiger partial charge in [0.05, 0.1) is 13.2 Å². The van der Waals surface area contributed by atoms with Crippen LogP contribution in [0.5, 0.6) is 5.75 Å². The van der Waals surface area contributed by atoms with Crippen molar-refractivity contribution in [1.82, 2.24) is 10.2 Å². The number of amides is 2. The van der Waals surface area contributed by atoms with E-state index in [1.54, 1.807) is 11.0 Å². The molecule has 0 bridgehead atoms. The minimum atomic E-state index is -0.546. The summed E-state index contributed by atoms with van der Waals surface area (Å²) in [6, 6.07) is 4.24. The topological polar surface area (TPSA) is 58.6 Å². The van der Waals surface area contributed by atoms with Crippen LogP contribution in [0.1, 0.15) is 29.6 Å². The summed E-state index contributed by atoms with van der Waals surface area (Å²) in [6.07, 6.45) is 2.35. The van der Waals surface area contributed by atoms with E-state index in [1.165, 1.54) is 19.2 Å². The Balaban J connectivity index is 1.74. The lowest BCUT2D eigenvalue weighted by Gasteiger charge is -2.17. The number of rotatable bonds is 2. The Morgan fingerprint density at radius 2 is 2.23 bits per heavy atom. The van der Waals surface area contributed by atoms with Gasteiger partial charge in [0, 0.05) is 25.1 Å². The SMILES string of the molecule is COc1ccc(C(=O)N2C[C@H]3CCCC(=O)N[C@H]3C2)cc1F. The number of hydrogen-bond acceptors (Lipinski definition) is 3. The first-order chi connectivity index (χ1) is 10.6. The second kappa shape index (κ2) is 5.94. The summed E-state index contributed by atoms with van der Waals surface area (Å²) in [6.45, 7) is 1.10. The maximum Gasteiger partial charge on any atom is 0.254 e. The van der Waals surface area contributed by atoms with Gasteiger partial charge >= 0.3 is 0 Å². The number of ether oxygens (including phenoxy) is 1. The second-order valence-electron chi connectivity index (χ2n) is 5.89.